The monoisotopic (exact) mass is 420 g/mol. The van der Waals surface area contributed by atoms with Gasteiger partial charge in [-0.05, 0) is 38.0 Å². The van der Waals surface area contributed by atoms with E-state index in [4.69, 9.17) is 23.2 Å². The molecule has 1 N–H and O–H groups in total. The van der Waals surface area contributed by atoms with Crippen molar-refractivity contribution in [3.63, 3.8) is 0 Å². The highest BCUT2D eigenvalue weighted by Gasteiger charge is 2.30. The molecule has 1 unspecified atom stereocenters. The fourth-order valence-corrected chi connectivity index (χ4v) is 4.81. The number of halogens is 2. The lowest BCUT2D eigenvalue weighted by molar-refractivity contribution is -0.122. The number of rotatable bonds is 5. The minimum absolute atomic E-state index is 0.0977. The van der Waals surface area contributed by atoms with E-state index >= 15 is 0 Å². The average Bonchev–Trinajstić information content (AvgIpc) is 2.52. The van der Waals surface area contributed by atoms with Crippen LogP contribution in [-0.4, -0.2) is 32.7 Å². The normalized spacial score (nSPS) is 17.8. The van der Waals surface area contributed by atoms with Crippen LogP contribution in [0, 0.1) is 0 Å². The van der Waals surface area contributed by atoms with E-state index in [9.17, 15) is 13.2 Å². The summed E-state index contributed by atoms with van der Waals surface area (Å²) in [6.45, 7) is 1.59. The number of benzene rings is 1. The van der Waals surface area contributed by atoms with Gasteiger partial charge in [0.2, 0.25) is 15.9 Å². The van der Waals surface area contributed by atoms with E-state index in [1.807, 2.05) is 0 Å². The second-order valence-corrected chi connectivity index (χ2v) is 9.56. The first-order valence-electron chi connectivity index (χ1n) is 8.95. The van der Waals surface area contributed by atoms with Crippen LogP contribution in [0.4, 0.5) is 5.69 Å². The highest BCUT2D eigenvalue weighted by molar-refractivity contribution is 7.92. The maximum Gasteiger partial charge on any atom is 0.243 e. The Morgan fingerprint density at radius 2 is 1.69 bits per heavy atom. The van der Waals surface area contributed by atoms with Crippen LogP contribution in [0.3, 0.4) is 0 Å². The molecule has 2 rings (SSSR count). The largest absolute Gasteiger partial charge is 0.352 e. The smallest absolute Gasteiger partial charge is 0.243 e. The molecule has 1 aliphatic carbocycles. The van der Waals surface area contributed by atoms with Gasteiger partial charge in [-0.15, -0.1) is 0 Å². The minimum Gasteiger partial charge on any atom is -0.352 e. The molecule has 5 nitrogen and oxygen atoms in total. The molecule has 26 heavy (non-hydrogen) atoms. The van der Waals surface area contributed by atoms with E-state index in [0.29, 0.717) is 10.7 Å². The summed E-state index contributed by atoms with van der Waals surface area (Å²) in [4.78, 5) is 12.7. The van der Waals surface area contributed by atoms with Crippen LogP contribution in [0.25, 0.3) is 0 Å². The molecule has 0 heterocycles. The third-order valence-electron chi connectivity index (χ3n) is 4.70. The molecule has 1 fully saturated rings. The summed E-state index contributed by atoms with van der Waals surface area (Å²) >= 11 is 11.9. The standard InChI is InChI=1S/C18H26Cl2N2O3S/c1-13(18(23)21-14-8-6-4-3-5-7-9-14)22(26(2,24)25)15-10-11-16(19)17(20)12-15/h10-14H,3-9H2,1-2H3,(H,21,23). The molecule has 1 amide bonds. The van der Waals surface area contributed by atoms with Gasteiger partial charge in [0.05, 0.1) is 22.0 Å². The van der Waals surface area contributed by atoms with Crippen molar-refractivity contribution in [1.82, 2.24) is 5.32 Å². The van der Waals surface area contributed by atoms with Crippen molar-refractivity contribution in [1.29, 1.82) is 0 Å². The minimum atomic E-state index is -3.67. The Morgan fingerprint density at radius 1 is 1.12 bits per heavy atom. The molecule has 0 aromatic heterocycles. The summed E-state index contributed by atoms with van der Waals surface area (Å²) in [5.74, 6) is -0.299. The van der Waals surface area contributed by atoms with Gasteiger partial charge in [-0.1, -0.05) is 55.3 Å². The van der Waals surface area contributed by atoms with Crippen LogP contribution in [0.5, 0.6) is 0 Å². The first kappa shape index (κ1) is 21.3. The molecule has 1 aromatic rings. The highest BCUT2D eigenvalue weighted by atomic mass is 35.5. The van der Waals surface area contributed by atoms with Crippen LogP contribution in [0.2, 0.25) is 10.0 Å². The lowest BCUT2D eigenvalue weighted by Gasteiger charge is -2.30. The van der Waals surface area contributed by atoms with Gasteiger partial charge >= 0.3 is 0 Å². The summed E-state index contributed by atoms with van der Waals surface area (Å²) in [5.41, 5.74) is 0.321. The van der Waals surface area contributed by atoms with Crippen LogP contribution < -0.4 is 9.62 Å². The number of amides is 1. The number of nitrogens with zero attached hydrogens (tertiary/aromatic N) is 1. The Morgan fingerprint density at radius 3 is 2.23 bits per heavy atom. The predicted octanol–water partition coefficient (Wildman–Crippen LogP) is 4.38. The van der Waals surface area contributed by atoms with Gasteiger partial charge in [0.15, 0.2) is 0 Å². The molecule has 0 bridgehead atoms. The highest BCUT2D eigenvalue weighted by Crippen LogP contribution is 2.29. The number of carbonyl (C=O) groups excluding carboxylic acids is 1. The van der Waals surface area contributed by atoms with Crippen molar-refractivity contribution in [2.45, 2.75) is 64.0 Å². The van der Waals surface area contributed by atoms with Gasteiger partial charge in [-0.2, -0.15) is 0 Å². The van der Waals surface area contributed by atoms with Crippen LogP contribution in [0.15, 0.2) is 18.2 Å². The maximum atomic E-state index is 12.7. The van der Waals surface area contributed by atoms with Gasteiger partial charge in [0, 0.05) is 6.04 Å². The van der Waals surface area contributed by atoms with E-state index in [0.717, 1.165) is 36.2 Å². The first-order chi connectivity index (χ1) is 12.2. The fraction of sp³-hybridized carbons (Fsp3) is 0.611. The number of anilines is 1. The quantitative estimate of drug-likeness (QED) is 0.768. The van der Waals surface area contributed by atoms with Crippen molar-refractivity contribution in [3.05, 3.63) is 28.2 Å². The summed E-state index contributed by atoms with van der Waals surface area (Å²) in [6.07, 6.45) is 8.73. The van der Waals surface area contributed by atoms with E-state index < -0.39 is 16.1 Å². The molecule has 1 aliphatic rings. The van der Waals surface area contributed by atoms with Gasteiger partial charge in [0.25, 0.3) is 0 Å². The second-order valence-electron chi connectivity index (χ2n) is 6.88. The second kappa shape index (κ2) is 9.29. The topological polar surface area (TPSA) is 66.5 Å². The van der Waals surface area contributed by atoms with Crippen LogP contribution >= 0.6 is 23.2 Å². The van der Waals surface area contributed by atoms with E-state index in [-0.39, 0.29) is 17.0 Å². The summed E-state index contributed by atoms with van der Waals surface area (Å²) in [7, 11) is -3.67. The summed E-state index contributed by atoms with van der Waals surface area (Å²) < 4.78 is 25.8. The van der Waals surface area contributed by atoms with Crippen molar-refractivity contribution >= 4 is 44.8 Å². The number of nitrogens with one attached hydrogen (secondary N) is 1. The molecular weight excluding hydrogens is 395 g/mol. The molecule has 146 valence electrons. The molecule has 0 spiro atoms. The lowest BCUT2D eigenvalue weighted by Crippen LogP contribution is -2.50. The maximum absolute atomic E-state index is 12.7. The van der Waals surface area contributed by atoms with Gasteiger partial charge in [0.1, 0.15) is 6.04 Å². The molecule has 1 aromatic carbocycles. The van der Waals surface area contributed by atoms with Crippen molar-refractivity contribution < 1.29 is 13.2 Å². The number of carbonyl (C=O) groups is 1. The predicted molar refractivity (Wildman–Crippen MR) is 107 cm³/mol. The first-order valence-corrected chi connectivity index (χ1v) is 11.6. The summed E-state index contributed by atoms with van der Waals surface area (Å²) in [6, 6.07) is 3.75. The Kier molecular flexibility index (Phi) is 7.62. The Labute approximate surface area is 166 Å². The SMILES string of the molecule is CC(C(=O)NC1CCCCCCC1)N(c1ccc(Cl)c(Cl)c1)S(C)(=O)=O. The number of sulfonamides is 1. The molecule has 0 saturated heterocycles. The molecule has 0 aliphatic heterocycles. The van der Waals surface area contributed by atoms with Crippen LogP contribution in [0.1, 0.15) is 51.9 Å². The van der Waals surface area contributed by atoms with Crippen molar-refractivity contribution in [2.75, 3.05) is 10.6 Å². The zero-order chi connectivity index (χ0) is 19.3. The molecular formula is C18H26Cl2N2O3S. The Hall–Kier alpha value is -0.980. The molecule has 1 atom stereocenters. The van der Waals surface area contributed by atoms with E-state index in [2.05, 4.69) is 5.32 Å². The molecule has 0 radical (unpaired) electrons. The Balaban J connectivity index is 2.18. The van der Waals surface area contributed by atoms with Crippen LogP contribution in [-0.2, 0) is 14.8 Å². The van der Waals surface area contributed by atoms with Gasteiger partial charge < -0.3 is 5.32 Å². The Bertz CT molecular complexity index is 732. The summed E-state index contributed by atoms with van der Waals surface area (Å²) in [5, 5.41) is 3.60. The van der Waals surface area contributed by atoms with Crippen molar-refractivity contribution in [2.24, 2.45) is 0 Å². The molecule has 8 heteroatoms. The zero-order valence-electron chi connectivity index (χ0n) is 15.2. The van der Waals surface area contributed by atoms with E-state index in [1.54, 1.807) is 13.0 Å². The lowest BCUT2D eigenvalue weighted by atomic mass is 9.96. The average molecular weight is 421 g/mol. The number of hydrogen-bond acceptors (Lipinski definition) is 3. The van der Waals surface area contributed by atoms with Gasteiger partial charge in [-0.3, -0.25) is 9.10 Å². The third kappa shape index (κ3) is 5.76. The van der Waals surface area contributed by atoms with Gasteiger partial charge in [-0.25, -0.2) is 8.42 Å². The van der Waals surface area contributed by atoms with E-state index in [1.165, 1.54) is 31.4 Å². The number of hydrogen-bond donors (Lipinski definition) is 1. The zero-order valence-corrected chi connectivity index (χ0v) is 17.5. The fourth-order valence-electron chi connectivity index (χ4n) is 3.35. The van der Waals surface area contributed by atoms with Crippen molar-refractivity contribution in [3.8, 4) is 0 Å². The third-order valence-corrected chi connectivity index (χ3v) is 6.68. The molecule has 1 saturated carbocycles.